The highest BCUT2D eigenvalue weighted by molar-refractivity contribution is 7.17. The minimum atomic E-state index is -1.07. The van der Waals surface area contributed by atoms with Gasteiger partial charge in [0.2, 0.25) is 0 Å². The number of benzene rings is 2. The third-order valence-corrected chi connectivity index (χ3v) is 7.88. The lowest BCUT2D eigenvalue weighted by atomic mass is 9.95. The molecule has 9 nitrogen and oxygen atoms in total. The van der Waals surface area contributed by atoms with Crippen molar-refractivity contribution in [1.82, 2.24) is 4.98 Å². The highest BCUT2D eigenvalue weighted by Crippen LogP contribution is 2.45. The largest absolute Gasteiger partial charge is 0.503 e. The molecule has 0 spiro atoms. The number of thiazole rings is 1. The Morgan fingerprint density at radius 3 is 2.57 bits per heavy atom. The highest BCUT2D eigenvalue weighted by Gasteiger charge is 2.45. The molecule has 1 aromatic heterocycles. The fourth-order valence-electron chi connectivity index (χ4n) is 4.56. The number of anilines is 1. The first-order valence-corrected chi connectivity index (χ1v) is 15.2. The maximum atomic E-state index is 13.7. The molecule has 230 valence electrons. The van der Waals surface area contributed by atoms with Gasteiger partial charge in [-0.1, -0.05) is 80.3 Å². The van der Waals surface area contributed by atoms with Gasteiger partial charge in [-0.25, -0.2) is 9.78 Å². The lowest BCUT2D eigenvalue weighted by Gasteiger charge is -2.25. The number of nitrogens with zero attached hydrogens (tertiary/aromatic N) is 2. The van der Waals surface area contributed by atoms with Crippen molar-refractivity contribution < 1.29 is 33.7 Å². The van der Waals surface area contributed by atoms with Gasteiger partial charge in [-0.2, -0.15) is 0 Å². The van der Waals surface area contributed by atoms with Crippen molar-refractivity contribution >= 4 is 40.2 Å². The van der Waals surface area contributed by atoms with Gasteiger partial charge < -0.3 is 19.3 Å². The normalized spacial score (nSPS) is 14.9. The molecule has 1 atom stereocenters. The molecule has 0 fully saturated rings. The Morgan fingerprint density at radius 1 is 1.14 bits per heavy atom. The Bertz CT molecular complexity index is 1590. The van der Waals surface area contributed by atoms with Crippen LogP contribution in [0.3, 0.4) is 0 Å². The Hall–Kier alpha value is -4.70. The molecule has 4 rings (SSSR count). The number of aryl methyl sites for hydroxylation is 1. The molecule has 3 aromatic rings. The van der Waals surface area contributed by atoms with Crippen LogP contribution in [0.5, 0.6) is 11.5 Å². The van der Waals surface area contributed by atoms with E-state index in [0.29, 0.717) is 41.9 Å². The van der Waals surface area contributed by atoms with Gasteiger partial charge in [-0.15, -0.1) is 0 Å². The summed E-state index contributed by atoms with van der Waals surface area (Å²) in [5, 5.41) is 11.3. The van der Waals surface area contributed by atoms with Gasteiger partial charge in [0, 0.05) is 0 Å². The van der Waals surface area contributed by atoms with Crippen molar-refractivity contribution in [2.24, 2.45) is 5.92 Å². The number of aliphatic hydroxyl groups is 1. The van der Waals surface area contributed by atoms with E-state index in [2.05, 4.69) is 25.4 Å². The van der Waals surface area contributed by atoms with Crippen LogP contribution in [-0.4, -0.2) is 47.6 Å². The monoisotopic (exact) mass is 616 g/mol. The Labute approximate surface area is 261 Å². The number of ketones is 1. The van der Waals surface area contributed by atoms with E-state index in [1.807, 2.05) is 37.3 Å². The summed E-state index contributed by atoms with van der Waals surface area (Å²) in [6, 6.07) is 13.3. The molecule has 1 amide bonds. The van der Waals surface area contributed by atoms with Crippen LogP contribution in [0.4, 0.5) is 5.13 Å². The molecule has 10 heteroatoms. The number of esters is 1. The van der Waals surface area contributed by atoms with Crippen LogP contribution in [0.25, 0.3) is 6.08 Å². The van der Waals surface area contributed by atoms with E-state index in [1.54, 1.807) is 31.2 Å². The molecule has 1 unspecified atom stereocenters. The second kappa shape index (κ2) is 14.7. The van der Waals surface area contributed by atoms with Gasteiger partial charge >= 0.3 is 5.97 Å². The molecule has 2 aromatic carbocycles. The molecule has 0 radical (unpaired) electrons. The smallest absolute Gasteiger partial charge is 0.350 e. The van der Waals surface area contributed by atoms with Gasteiger partial charge in [0.15, 0.2) is 28.2 Å². The number of hydrogen-bond acceptors (Lipinski definition) is 9. The first kappa shape index (κ1) is 32.2. The number of carbonyl (C=O) groups excluding carboxylic acids is 3. The zero-order valence-electron chi connectivity index (χ0n) is 25.2. The topological polar surface area (TPSA) is 115 Å². The van der Waals surface area contributed by atoms with Crippen molar-refractivity contribution in [3.05, 3.63) is 100 Å². The number of ether oxygens (including phenoxy) is 3. The van der Waals surface area contributed by atoms with Gasteiger partial charge in [-0.05, 0) is 55.5 Å². The van der Waals surface area contributed by atoms with Crippen LogP contribution in [0.2, 0.25) is 0 Å². The first-order chi connectivity index (χ1) is 21.2. The number of carbonyl (C=O) groups is 3. The number of amides is 1. The zero-order valence-corrected chi connectivity index (χ0v) is 26.1. The minimum absolute atomic E-state index is 0.0112. The van der Waals surface area contributed by atoms with E-state index in [-0.39, 0.29) is 22.2 Å². The molecular formula is C34H36N2O7S. The average Bonchev–Trinajstić information content (AvgIpc) is 3.52. The molecule has 1 aliphatic rings. The van der Waals surface area contributed by atoms with E-state index in [1.165, 1.54) is 17.1 Å². The summed E-state index contributed by atoms with van der Waals surface area (Å²) in [7, 11) is 0. The molecule has 0 saturated heterocycles. The van der Waals surface area contributed by atoms with Gasteiger partial charge in [0.25, 0.3) is 5.91 Å². The van der Waals surface area contributed by atoms with E-state index in [4.69, 9.17) is 14.2 Å². The number of allylic oxidation sites excluding steroid dienone is 1. The second-order valence-electron chi connectivity index (χ2n) is 10.4. The molecule has 0 saturated carbocycles. The summed E-state index contributed by atoms with van der Waals surface area (Å²) in [6.07, 6.45) is 5.24. The van der Waals surface area contributed by atoms with E-state index in [9.17, 15) is 19.5 Å². The van der Waals surface area contributed by atoms with E-state index < -0.39 is 29.5 Å². The third kappa shape index (κ3) is 7.26. The van der Waals surface area contributed by atoms with Crippen molar-refractivity contribution in [3.63, 3.8) is 0 Å². The van der Waals surface area contributed by atoms with Crippen LogP contribution in [0.1, 0.15) is 59.7 Å². The zero-order chi connectivity index (χ0) is 31.8. The van der Waals surface area contributed by atoms with Crippen LogP contribution < -0.4 is 14.4 Å². The molecule has 0 aliphatic carbocycles. The SMILES string of the molecule is C=CCOC(=O)c1sc(N2C(=O)C(O)=C(C(=O)/C=C/c3ccccc3)C2c2ccc(OCCC(C)C)c(OCC)c2)nc1C. The first-order valence-electron chi connectivity index (χ1n) is 14.3. The van der Waals surface area contributed by atoms with Gasteiger partial charge in [-0.3, -0.25) is 14.5 Å². The highest BCUT2D eigenvalue weighted by atomic mass is 32.1. The summed E-state index contributed by atoms with van der Waals surface area (Å²) in [6.45, 7) is 12.1. The lowest BCUT2D eigenvalue weighted by Crippen LogP contribution is -2.31. The number of rotatable bonds is 14. The average molecular weight is 617 g/mol. The van der Waals surface area contributed by atoms with Crippen LogP contribution in [0.15, 0.2) is 78.6 Å². The molecule has 44 heavy (non-hydrogen) atoms. The maximum Gasteiger partial charge on any atom is 0.350 e. The Morgan fingerprint density at radius 2 is 1.89 bits per heavy atom. The molecule has 1 aliphatic heterocycles. The third-order valence-electron chi connectivity index (χ3n) is 6.75. The fourth-order valence-corrected chi connectivity index (χ4v) is 5.54. The van der Waals surface area contributed by atoms with Crippen molar-refractivity contribution in [3.8, 4) is 11.5 Å². The quantitative estimate of drug-likeness (QED) is 0.119. The summed E-state index contributed by atoms with van der Waals surface area (Å²) >= 11 is 0.937. The summed E-state index contributed by atoms with van der Waals surface area (Å²) in [4.78, 5) is 45.9. The minimum Gasteiger partial charge on any atom is -0.503 e. The molecular weight excluding hydrogens is 580 g/mol. The van der Waals surface area contributed by atoms with Gasteiger partial charge in [0.1, 0.15) is 11.5 Å². The van der Waals surface area contributed by atoms with Crippen molar-refractivity contribution in [1.29, 1.82) is 0 Å². The number of hydrogen-bond donors (Lipinski definition) is 1. The molecule has 0 bridgehead atoms. The van der Waals surface area contributed by atoms with Crippen LogP contribution >= 0.6 is 11.3 Å². The Balaban J connectivity index is 1.80. The van der Waals surface area contributed by atoms with Gasteiger partial charge in [0.05, 0.1) is 30.5 Å². The number of aromatic nitrogens is 1. The lowest BCUT2D eigenvalue weighted by molar-refractivity contribution is -0.117. The van der Waals surface area contributed by atoms with E-state index in [0.717, 1.165) is 23.3 Å². The number of aliphatic hydroxyl groups excluding tert-OH is 1. The summed E-state index contributed by atoms with van der Waals surface area (Å²) in [5.74, 6) is -1.28. The fraction of sp³-hybridized carbons (Fsp3) is 0.294. The Kier molecular flexibility index (Phi) is 10.7. The molecule has 2 heterocycles. The second-order valence-corrected chi connectivity index (χ2v) is 11.4. The van der Waals surface area contributed by atoms with Crippen molar-refractivity contribution in [2.45, 2.75) is 40.2 Å². The summed E-state index contributed by atoms with van der Waals surface area (Å²) < 4.78 is 17.1. The maximum absolute atomic E-state index is 13.7. The standard InChI is InChI=1S/C34H36N2O7S/c1-6-18-43-33(40)31-22(5)35-34(44-31)36-29(24-14-16-26(27(20-24)41-7-2)42-19-17-21(3)4)28(30(38)32(36)39)25(37)15-13-23-11-9-8-10-12-23/h6,8-16,20-21,29,38H,1,7,17-19H2,2-5H3/b15-13+. The van der Waals surface area contributed by atoms with Crippen LogP contribution in [0, 0.1) is 12.8 Å². The predicted molar refractivity (Wildman–Crippen MR) is 170 cm³/mol. The van der Waals surface area contributed by atoms with Crippen LogP contribution in [-0.2, 0) is 14.3 Å². The van der Waals surface area contributed by atoms with E-state index >= 15 is 0 Å². The predicted octanol–water partition coefficient (Wildman–Crippen LogP) is 6.80. The molecule has 1 N–H and O–H groups in total. The summed E-state index contributed by atoms with van der Waals surface area (Å²) in [5.41, 5.74) is 1.49. The van der Waals surface area contributed by atoms with Crippen molar-refractivity contribution in [2.75, 3.05) is 24.7 Å².